The van der Waals surface area contributed by atoms with Gasteiger partial charge in [-0.1, -0.05) is 12.1 Å². The molecule has 6 heteroatoms. The molecule has 1 atom stereocenters. The Kier molecular flexibility index (Phi) is 5.20. The van der Waals surface area contributed by atoms with Crippen LogP contribution >= 0.6 is 0 Å². The van der Waals surface area contributed by atoms with Crippen LogP contribution in [0, 0.1) is 12.3 Å². The van der Waals surface area contributed by atoms with Crippen molar-refractivity contribution in [3.05, 3.63) is 64.8 Å². The Bertz CT molecular complexity index is 1150. The van der Waals surface area contributed by atoms with Crippen LogP contribution in [0.4, 0.5) is 4.39 Å². The molecule has 0 bridgehead atoms. The van der Waals surface area contributed by atoms with Gasteiger partial charge in [-0.2, -0.15) is 0 Å². The second kappa shape index (κ2) is 7.93. The molecule has 1 aromatic heterocycles. The molecule has 168 valence electrons. The van der Waals surface area contributed by atoms with Gasteiger partial charge in [-0.25, -0.2) is 9.18 Å². The Balaban J connectivity index is 1.50. The van der Waals surface area contributed by atoms with E-state index in [-0.39, 0.29) is 17.0 Å². The number of halogens is 1. The van der Waals surface area contributed by atoms with E-state index < -0.39 is 12.1 Å². The standard InChI is InChI=1S/C26H29FN2O3/c1-16-11-23(32-2)21(20-7-9-28-24(16)20)15-29-10-8-26(12-19(27)13-26)14-22(29)17-3-5-18(6-4-17)25(30)31/h3-7,9,11,19,22,28H,8,10,12-15H2,1-2H3,(H,30,31)/t19-,22-,26-/m0/s1. The topological polar surface area (TPSA) is 65.6 Å². The number of alkyl halides is 1. The zero-order chi connectivity index (χ0) is 22.5. The molecule has 2 N–H and O–H groups in total. The molecule has 2 fully saturated rings. The number of carbonyl (C=O) groups is 1. The van der Waals surface area contributed by atoms with Crippen LogP contribution in [0.25, 0.3) is 10.9 Å². The Morgan fingerprint density at radius 1 is 1.25 bits per heavy atom. The number of methoxy groups -OCH3 is 1. The van der Waals surface area contributed by atoms with E-state index in [9.17, 15) is 14.3 Å². The van der Waals surface area contributed by atoms with Gasteiger partial charge in [0, 0.05) is 35.2 Å². The van der Waals surface area contributed by atoms with Gasteiger partial charge in [0.2, 0.25) is 0 Å². The van der Waals surface area contributed by atoms with E-state index in [4.69, 9.17) is 4.74 Å². The summed E-state index contributed by atoms with van der Waals surface area (Å²) in [5.41, 5.74) is 4.85. The van der Waals surface area contributed by atoms with Gasteiger partial charge in [-0.3, -0.25) is 4.90 Å². The van der Waals surface area contributed by atoms with Crippen LogP contribution < -0.4 is 4.74 Å². The number of aryl methyl sites for hydroxylation is 1. The van der Waals surface area contributed by atoms with E-state index in [0.717, 1.165) is 59.3 Å². The van der Waals surface area contributed by atoms with Gasteiger partial charge >= 0.3 is 5.97 Å². The summed E-state index contributed by atoms with van der Waals surface area (Å²) < 4.78 is 19.6. The van der Waals surface area contributed by atoms with Crippen molar-refractivity contribution < 1.29 is 19.0 Å². The zero-order valence-corrected chi connectivity index (χ0v) is 18.5. The van der Waals surface area contributed by atoms with Crippen molar-refractivity contribution in [3.63, 3.8) is 0 Å². The predicted octanol–water partition coefficient (Wildman–Crippen LogP) is 5.64. The van der Waals surface area contributed by atoms with Crippen LogP contribution in [0.1, 0.15) is 58.8 Å². The summed E-state index contributed by atoms with van der Waals surface area (Å²) in [6.07, 6.45) is 4.43. The summed E-state index contributed by atoms with van der Waals surface area (Å²) in [5.74, 6) is -0.0469. The average molecular weight is 437 g/mol. The second-order valence-electron chi connectivity index (χ2n) is 9.51. The highest BCUT2D eigenvalue weighted by Gasteiger charge is 2.49. The third-order valence-corrected chi connectivity index (χ3v) is 7.54. The van der Waals surface area contributed by atoms with Gasteiger partial charge in [0.25, 0.3) is 0 Å². The van der Waals surface area contributed by atoms with Crippen molar-refractivity contribution >= 4 is 16.9 Å². The number of rotatable bonds is 5. The van der Waals surface area contributed by atoms with Gasteiger partial charge < -0.3 is 14.8 Å². The summed E-state index contributed by atoms with van der Waals surface area (Å²) >= 11 is 0. The highest BCUT2D eigenvalue weighted by atomic mass is 19.1. The fourth-order valence-electron chi connectivity index (χ4n) is 5.78. The molecule has 5 rings (SSSR count). The van der Waals surface area contributed by atoms with Crippen molar-refractivity contribution in [1.82, 2.24) is 9.88 Å². The SMILES string of the molecule is COc1cc(C)c2[nH]ccc2c1CN1CC[C@]2(C[C@H]1c1ccc(C(=O)O)cc1)C[C@H](F)C2. The molecule has 1 spiro atoms. The molecule has 32 heavy (non-hydrogen) atoms. The van der Waals surface area contributed by atoms with Gasteiger partial charge in [0.1, 0.15) is 11.9 Å². The summed E-state index contributed by atoms with van der Waals surface area (Å²) in [6.45, 7) is 3.67. The fourth-order valence-corrected chi connectivity index (χ4v) is 5.78. The Hall–Kier alpha value is -2.86. The van der Waals surface area contributed by atoms with Crippen molar-refractivity contribution in [2.45, 2.75) is 51.4 Å². The number of ether oxygens (including phenoxy) is 1. The van der Waals surface area contributed by atoms with E-state index in [2.05, 4.69) is 28.9 Å². The first-order valence-corrected chi connectivity index (χ1v) is 11.2. The van der Waals surface area contributed by atoms with E-state index in [1.807, 2.05) is 18.3 Å². The van der Waals surface area contributed by atoms with Gasteiger partial charge in [-0.15, -0.1) is 0 Å². The molecule has 0 radical (unpaired) electrons. The Labute approximate surface area is 187 Å². The molecule has 5 nitrogen and oxygen atoms in total. The number of carboxylic acid groups (broad SMARTS) is 1. The van der Waals surface area contributed by atoms with E-state index in [0.29, 0.717) is 12.8 Å². The van der Waals surface area contributed by atoms with Crippen LogP contribution in [0.3, 0.4) is 0 Å². The largest absolute Gasteiger partial charge is 0.496 e. The molecule has 0 unspecified atom stereocenters. The lowest BCUT2D eigenvalue weighted by molar-refractivity contribution is -0.0560. The highest BCUT2D eigenvalue weighted by Crippen LogP contribution is 2.55. The molecule has 1 aliphatic carbocycles. The number of aromatic amines is 1. The van der Waals surface area contributed by atoms with Crippen molar-refractivity contribution in [3.8, 4) is 5.75 Å². The molecule has 1 aliphatic heterocycles. The number of likely N-dealkylation sites (tertiary alicyclic amines) is 1. The molecule has 1 saturated carbocycles. The van der Waals surface area contributed by atoms with Crippen molar-refractivity contribution in [2.75, 3.05) is 13.7 Å². The molecule has 2 heterocycles. The number of aromatic carboxylic acids is 1. The van der Waals surface area contributed by atoms with Gasteiger partial charge in [-0.05, 0) is 80.0 Å². The van der Waals surface area contributed by atoms with Crippen molar-refractivity contribution in [1.29, 1.82) is 0 Å². The summed E-state index contributed by atoms with van der Waals surface area (Å²) in [4.78, 5) is 17.1. The summed E-state index contributed by atoms with van der Waals surface area (Å²) in [5, 5.41) is 10.4. The number of aromatic nitrogens is 1. The normalized spacial score (nSPS) is 25.7. The number of nitrogens with one attached hydrogen (secondary N) is 1. The van der Waals surface area contributed by atoms with E-state index >= 15 is 0 Å². The van der Waals surface area contributed by atoms with Gasteiger partial charge in [0.15, 0.2) is 0 Å². The number of nitrogens with zero attached hydrogens (tertiary/aromatic N) is 1. The van der Waals surface area contributed by atoms with E-state index in [1.165, 1.54) is 0 Å². The lowest BCUT2D eigenvalue weighted by Gasteiger charge is -2.53. The maximum atomic E-state index is 13.8. The Morgan fingerprint density at radius 3 is 2.66 bits per heavy atom. The minimum absolute atomic E-state index is 0.0623. The van der Waals surface area contributed by atoms with E-state index in [1.54, 1.807) is 19.2 Å². The van der Waals surface area contributed by atoms with Crippen LogP contribution in [-0.2, 0) is 6.54 Å². The lowest BCUT2D eigenvalue weighted by atomic mass is 9.60. The molecular weight excluding hydrogens is 407 g/mol. The predicted molar refractivity (Wildman–Crippen MR) is 122 cm³/mol. The molecule has 2 aliphatic rings. The number of carboxylic acids is 1. The quantitative estimate of drug-likeness (QED) is 0.543. The first-order valence-electron chi connectivity index (χ1n) is 11.2. The first-order chi connectivity index (χ1) is 15.4. The number of hydrogen-bond donors (Lipinski definition) is 2. The molecule has 0 amide bonds. The zero-order valence-electron chi connectivity index (χ0n) is 18.5. The Morgan fingerprint density at radius 2 is 2.00 bits per heavy atom. The number of H-pyrrole nitrogens is 1. The third-order valence-electron chi connectivity index (χ3n) is 7.54. The number of fused-ring (bicyclic) bond motifs is 1. The van der Waals surface area contributed by atoms with Crippen LogP contribution in [0.5, 0.6) is 5.75 Å². The number of piperidine rings is 1. The van der Waals surface area contributed by atoms with Gasteiger partial charge in [0.05, 0.1) is 12.7 Å². The van der Waals surface area contributed by atoms with Crippen LogP contribution in [0.15, 0.2) is 42.6 Å². The first kappa shape index (κ1) is 21.0. The number of hydrogen-bond acceptors (Lipinski definition) is 3. The highest BCUT2D eigenvalue weighted by molar-refractivity contribution is 5.88. The number of benzene rings is 2. The molecular formula is C26H29FN2O3. The van der Waals surface area contributed by atoms with Crippen LogP contribution in [0.2, 0.25) is 0 Å². The molecule has 3 aromatic rings. The maximum Gasteiger partial charge on any atom is 0.335 e. The summed E-state index contributed by atoms with van der Waals surface area (Å²) in [6, 6.07) is 11.5. The summed E-state index contributed by atoms with van der Waals surface area (Å²) in [7, 11) is 1.71. The monoisotopic (exact) mass is 436 g/mol. The minimum atomic E-state index is -0.924. The minimum Gasteiger partial charge on any atom is -0.496 e. The van der Waals surface area contributed by atoms with Crippen LogP contribution in [-0.4, -0.2) is 40.8 Å². The molecule has 1 saturated heterocycles. The fraction of sp³-hybridized carbons (Fsp3) is 0.423. The third kappa shape index (κ3) is 3.56. The lowest BCUT2D eigenvalue weighted by Crippen LogP contribution is -2.49. The second-order valence-corrected chi connectivity index (χ2v) is 9.51. The maximum absolute atomic E-state index is 13.8. The average Bonchev–Trinajstić information content (AvgIpc) is 3.26. The molecule has 2 aromatic carbocycles. The van der Waals surface area contributed by atoms with Crippen molar-refractivity contribution in [2.24, 2.45) is 5.41 Å². The smallest absolute Gasteiger partial charge is 0.335 e.